The van der Waals surface area contributed by atoms with Crippen molar-refractivity contribution < 1.29 is 4.74 Å². The Hall–Kier alpha value is -3.25. The molecule has 0 saturated carbocycles. The molecule has 1 aromatic carbocycles. The lowest BCUT2D eigenvalue weighted by atomic mass is 10.1. The van der Waals surface area contributed by atoms with Gasteiger partial charge in [0.15, 0.2) is 0 Å². The summed E-state index contributed by atoms with van der Waals surface area (Å²) in [5.74, 6) is 1.51. The number of nitrogens with one attached hydrogen (secondary N) is 1. The van der Waals surface area contributed by atoms with Crippen molar-refractivity contribution in [1.82, 2.24) is 19.9 Å². The molecule has 0 aliphatic rings. The largest absolute Gasteiger partial charge is 0.489 e. The first kappa shape index (κ1) is 16.2. The predicted molar refractivity (Wildman–Crippen MR) is 101 cm³/mol. The molecule has 0 atom stereocenters. The van der Waals surface area contributed by atoms with E-state index in [4.69, 9.17) is 16.3 Å². The third-order valence-electron chi connectivity index (χ3n) is 3.77. The zero-order valence-corrected chi connectivity index (χ0v) is 14.4. The maximum absolute atomic E-state index is 5.87. The van der Waals surface area contributed by atoms with Crippen LogP contribution in [-0.2, 0) is 6.61 Å². The van der Waals surface area contributed by atoms with Gasteiger partial charge in [0.1, 0.15) is 18.2 Å². The van der Waals surface area contributed by atoms with Gasteiger partial charge in [-0.1, -0.05) is 0 Å². The van der Waals surface area contributed by atoms with Gasteiger partial charge in [-0.25, -0.2) is 15.0 Å². The van der Waals surface area contributed by atoms with Crippen molar-refractivity contribution in [1.29, 1.82) is 0 Å². The summed E-state index contributed by atoms with van der Waals surface area (Å²) in [6, 6.07) is 11.7. The van der Waals surface area contributed by atoms with Crippen molar-refractivity contribution in [3.05, 3.63) is 78.2 Å². The highest BCUT2D eigenvalue weighted by Gasteiger charge is 2.06. The maximum atomic E-state index is 5.87. The number of fused-ring (bicyclic) bond motifs is 1. The molecule has 128 valence electrons. The number of nitrogens with zero attached hydrogens (tertiary/aromatic N) is 4. The molecule has 6 nitrogen and oxygen atoms in total. The van der Waals surface area contributed by atoms with Gasteiger partial charge in [-0.15, -0.1) is 0 Å². The Bertz CT molecular complexity index is 1020. The van der Waals surface area contributed by atoms with Crippen molar-refractivity contribution in [3.8, 4) is 5.75 Å². The van der Waals surface area contributed by atoms with Crippen LogP contribution in [0.15, 0.2) is 67.4 Å². The summed E-state index contributed by atoms with van der Waals surface area (Å²) in [6.45, 7) is 0.492. The number of hydrogen-bond acceptors (Lipinski definition) is 6. The third-order valence-corrected chi connectivity index (χ3v) is 3.97. The molecule has 0 amide bonds. The van der Waals surface area contributed by atoms with Crippen molar-refractivity contribution in [2.75, 3.05) is 5.32 Å². The zero-order valence-electron chi connectivity index (χ0n) is 13.6. The summed E-state index contributed by atoms with van der Waals surface area (Å²) >= 11 is 5.72. The fraction of sp³-hybridized carbons (Fsp3) is 0.0526. The third kappa shape index (κ3) is 3.70. The highest BCUT2D eigenvalue weighted by Crippen LogP contribution is 2.27. The van der Waals surface area contributed by atoms with E-state index in [-0.39, 0.29) is 5.28 Å². The quantitative estimate of drug-likeness (QED) is 0.530. The van der Waals surface area contributed by atoms with E-state index < -0.39 is 0 Å². The van der Waals surface area contributed by atoms with Crippen LogP contribution in [0.4, 0.5) is 11.5 Å². The molecule has 0 radical (unpaired) electrons. The van der Waals surface area contributed by atoms with Crippen molar-refractivity contribution in [2.45, 2.75) is 6.61 Å². The molecule has 4 aromatic rings. The van der Waals surface area contributed by atoms with E-state index in [0.717, 1.165) is 22.1 Å². The van der Waals surface area contributed by atoms with E-state index in [2.05, 4.69) is 25.3 Å². The molecule has 3 heterocycles. The Balaban J connectivity index is 1.56. The smallest absolute Gasteiger partial charge is 0.222 e. The lowest BCUT2D eigenvalue weighted by Crippen LogP contribution is -1.97. The summed E-state index contributed by atoms with van der Waals surface area (Å²) in [7, 11) is 0. The van der Waals surface area contributed by atoms with Crippen molar-refractivity contribution in [3.63, 3.8) is 0 Å². The fourth-order valence-corrected chi connectivity index (χ4v) is 2.60. The van der Waals surface area contributed by atoms with E-state index >= 15 is 0 Å². The van der Waals surface area contributed by atoms with Gasteiger partial charge >= 0.3 is 0 Å². The molecule has 26 heavy (non-hydrogen) atoms. The first-order valence-electron chi connectivity index (χ1n) is 7.93. The molecule has 3 aromatic heterocycles. The summed E-state index contributed by atoms with van der Waals surface area (Å²) in [5, 5.41) is 5.40. The molecular weight excluding hydrogens is 350 g/mol. The van der Waals surface area contributed by atoms with Crippen LogP contribution in [0.1, 0.15) is 5.56 Å². The Morgan fingerprint density at radius 3 is 2.54 bits per heavy atom. The van der Waals surface area contributed by atoms with E-state index in [0.29, 0.717) is 18.1 Å². The Labute approximate surface area is 154 Å². The van der Waals surface area contributed by atoms with Gasteiger partial charge in [-0.2, -0.15) is 0 Å². The second kappa shape index (κ2) is 7.33. The van der Waals surface area contributed by atoms with Gasteiger partial charge < -0.3 is 10.1 Å². The molecule has 0 unspecified atom stereocenters. The van der Waals surface area contributed by atoms with E-state index in [1.165, 1.54) is 0 Å². The Morgan fingerprint density at radius 1 is 0.923 bits per heavy atom. The van der Waals surface area contributed by atoms with Crippen LogP contribution in [0.5, 0.6) is 5.75 Å². The minimum absolute atomic E-state index is 0.206. The molecule has 0 saturated heterocycles. The summed E-state index contributed by atoms with van der Waals surface area (Å²) < 4.78 is 5.87. The molecule has 7 heteroatoms. The van der Waals surface area contributed by atoms with Crippen LogP contribution < -0.4 is 10.1 Å². The first-order chi connectivity index (χ1) is 12.8. The Morgan fingerprint density at radius 2 is 1.73 bits per heavy atom. The van der Waals surface area contributed by atoms with Crippen LogP contribution >= 0.6 is 11.6 Å². The van der Waals surface area contributed by atoms with E-state index in [9.17, 15) is 0 Å². The van der Waals surface area contributed by atoms with Gasteiger partial charge in [-0.3, -0.25) is 4.98 Å². The molecule has 1 N–H and O–H groups in total. The number of ether oxygens (including phenoxy) is 1. The lowest BCUT2D eigenvalue weighted by molar-refractivity contribution is 0.306. The van der Waals surface area contributed by atoms with Crippen LogP contribution in [0.25, 0.3) is 10.8 Å². The second-order valence-electron chi connectivity index (χ2n) is 5.55. The van der Waals surface area contributed by atoms with E-state index in [1.807, 2.05) is 36.4 Å². The van der Waals surface area contributed by atoms with Gasteiger partial charge in [-0.05, 0) is 58.9 Å². The molecule has 0 aliphatic carbocycles. The minimum Gasteiger partial charge on any atom is -0.489 e. The average Bonchev–Trinajstić information content (AvgIpc) is 2.69. The number of halogens is 1. The lowest BCUT2D eigenvalue weighted by Gasteiger charge is -2.10. The zero-order chi connectivity index (χ0) is 17.8. The minimum atomic E-state index is 0.206. The fourth-order valence-electron chi connectivity index (χ4n) is 2.50. The van der Waals surface area contributed by atoms with Gasteiger partial charge in [0, 0.05) is 24.0 Å². The van der Waals surface area contributed by atoms with E-state index in [1.54, 1.807) is 31.0 Å². The maximum Gasteiger partial charge on any atom is 0.222 e. The molecular formula is C19H14ClN5O. The van der Waals surface area contributed by atoms with Crippen LogP contribution in [-0.4, -0.2) is 19.9 Å². The molecule has 0 aliphatic heterocycles. The van der Waals surface area contributed by atoms with Crippen LogP contribution in [0.2, 0.25) is 5.28 Å². The monoisotopic (exact) mass is 363 g/mol. The van der Waals surface area contributed by atoms with Gasteiger partial charge in [0.25, 0.3) is 0 Å². The normalized spacial score (nSPS) is 10.7. The number of aromatic nitrogens is 4. The van der Waals surface area contributed by atoms with Crippen LogP contribution in [0.3, 0.4) is 0 Å². The number of benzene rings is 1. The highest BCUT2D eigenvalue weighted by molar-refractivity contribution is 6.28. The second-order valence-corrected chi connectivity index (χ2v) is 5.89. The number of hydrogen-bond donors (Lipinski definition) is 1. The number of pyridine rings is 2. The SMILES string of the molecule is Clc1ncc(Nc2nccc3cc(OCc4ccncc4)ccc23)cn1. The molecule has 4 rings (SSSR count). The first-order valence-corrected chi connectivity index (χ1v) is 8.31. The highest BCUT2D eigenvalue weighted by atomic mass is 35.5. The number of anilines is 2. The topological polar surface area (TPSA) is 72.8 Å². The molecule has 0 spiro atoms. The van der Waals surface area contributed by atoms with Crippen molar-refractivity contribution in [2.24, 2.45) is 0 Å². The average molecular weight is 364 g/mol. The Kier molecular flexibility index (Phi) is 4.57. The predicted octanol–water partition coefficient (Wildman–Crippen LogP) is 4.40. The van der Waals surface area contributed by atoms with Crippen LogP contribution in [0, 0.1) is 0 Å². The van der Waals surface area contributed by atoms with Crippen molar-refractivity contribution >= 4 is 33.9 Å². The summed E-state index contributed by atoms with van der Waals surface area (Å²) in [6.07, 6.45) is 8.48. The standard InChI is InChI=1S/C19H14ClN5O/c20-19-23-10-15(11-24-19)25-18-17-2-1-16(9-14(17)5-8-22-18)26-12-13-3-6-21-7-4-13/h1-11H,12H2,(H,22,25). The molecule has 0 bridgehead atoms. The van der Waals surface area contributed by atoms with Gasteiger partial charge in [0.05, 0.1) is 18.1 Å². The molecule has 0 fully saturated rings. The summed E-state index contributed by atoms with van der Waals surface area (Å²) in [4.78, 5) is 16.3. The summed E-state index contributed by atoms with van der Waals surface area (Å²) in [5.41, 5.74) is 1.78. The number of rotatable bonds is 5. The van der Waals surface area contributed by atoms with Gasteiger partial charge in [0.2, 0.25) is 5.28 Å².